The van der Waals surface area contributed by atoms with Crippen molar-refractivity contribution in [1.82, 2.24) is 10.6 Å². The summed E-state index contributed by atoms with van der Waals surface area (Å²) in [5.74, 6) is -2.81. The zero-order valence-electron chi connectivity index (χ0n) is 9.39. The van der Waals surface area contributed by atoms with Crippen molar-refractivity contribution in [3.63, 3.8) is 0 Å². The number of carbonyl (C=O) groups excluding carboxylic acids is 4. The molecule has 0 aliphatic heterocycles. The van der Waals surface area contributed by atoms with Crippen molar-refractivity contribution in [2.45, 2.75) is 13.8 Å². The van der Waals surface area contributed by atoms with Crippen LogP contribution in [0.3, 0.4) is 0 Å². The molecule has 0 aromatic rings. The maximum Gasteiger partial charge on any atom is 0.224 e. The fraction of sp³-hybridized carbons (Fsp3) is 0.200. The third-order valence-electron chi connectivity index (χ3n) is 1.89. The maximum atomic E-state index is 11.8. The molecule has 0 aromatic heterocycles. The van der Waals surface area contributed by atoms with Crippen molar-refractivity contribution in [1.29, 1.82) is 0 Å². The molecule has 0 heterocycles. The van der Waals surface area contributed by atoms with Crippen molar-refractivity contribution < 1.29 is 19.2 Å². The van der Waals surface area contributed by atoms with E-state index in [0.29, 0.717) is 0 Å². The molecule has 6 nitrogen and oxygen atoms in total. The van der Waals surface area contributed by atoms with E-state index in [2.05, 4.69) is 10.6 Å². The summed E-state index contributed by atoms with van der Waals surface area (Å²) in [7, 11) is 0. The third kappa shape index (κ3) is 2.77. The van der Waals surface area contributed by atoms with Gasteiger partial charge >= 0.3 is 0 Å². The number of Topliss-reactive ketones (excluding diaryl/α,β-unsaturated/α-hetero) is 2. The standard InChI is InChI=1S/C10H8Cl2N2O4/c1-3(15)13-7-5(11)10(18)8(14-4(2)16)6(12)9(7)17/h1-2H3,(H,13,15)(H,14,16). The molecule has 96 valence electrons. The Morgan fingerprint density at radius 3 is 1.33 bits per heavy atom. The number of nitrogens with one attached hydrogen (secondary N) is 2. The Kier molecular flexibility index (Phi) is 4.26. The third-order valence-corrected chi connectivity index (χ3v) is 2.62. The van der Waals surface area contributed by atoms with Crippen LogP contribution in [0.5, 0.6) is 0 Å². The Labute approximate surface area is 112 Å². The summed E-state index contributed by atoms with van der Waals surface area (Å²) < 4.78 is 0. The highest BCUT2D eigenvalue weighted by Gasteiger charge is 2.34. The molecule has 1 aliphatic rings. The van der Waals surface area contributed by atoms with Gasteiger partial charge in [-0.1, -0.05) is 23.2 Å². The number of hydrogen-bond donors (Lipinski definition) is 2. The van der Waals surface area contributed by atoms with Gasteiger partial charge in [-0.3, -0.25) is 19.2 Å². The lowest BCUT2D eigenvalue weighted by molar-refractivity contribution is -0.122. The van der Waals surface area contributed by atoms with E-state index in [-0.39, 0.29) is 0 Å². The number of ketones is 2. The minimum atomic E-state index is -0.833. The van der Waals surface area contributed by atoms with Crippen LogP contribution in [0, 0.1) is 0 Å². The SMILES string of the molecule is CC(=O)NC1=C(Cl)C(=O)C(NC(C)=O)=C(Cl)C1=O. The van der Waals surface area contributed by atoms with Crippen molar-refractivity contribution in [3.05, 3.63) is 21.5 Å². The van der Waals surface area contributed by atoms with Gasteiger partial charge in [-0.25, -0.2) is 0 Å². The van der Waals surface area contributed by atoms with Crippen LogP contribution in [0.4, 0.5) is 0 Å². The van der Waals surface area contributed by atoms with Gasteiger partial charge in [0.15, 0.2) is 0 Å². The summed E-state index contributed by atoms with van der Waals surface area (Å²) in [6.07, 6.45) is 0. The van der Waals surface area contributed by atoms with Crippen molar-refractivity contribution in [2.75, 3.05) is 0 Å². The van der Waals surface area contributed by atoms with Gasteiger partial charge in [0.1, 0.15) is 21.5 Å². The van der Waals surface area contributed by atoms with E-state index in [1.165, 1.54) is 0 Å². The number of amides is 2. The van der Waals surface area contributed by atoms with E-state index in [9.17, 15) is 19.2 Å². The summed E-state index contributed by atoms with van der Waals surface area (Å²) in [6, 6.07) is 0. The van der Waals surface area contributed by atoms with Crippen LogP contribution in [0.25, 0.3) is 0 Å². The Bertz CT molecular complexity index is 486. The first kappa shape index (κ1) is 14.4. The summed E-state index contributed by atoms with van der Waals surface area (Å²) >= 11 is 11.3. The molecule has 0 unspecified atom stereocenters. The quantitative estimate of drug-likeness (QED) is 0.716. The second kappa shape index (κ2) is 5.32. The lowest BCUT2D eigenvalue weighted by Gasteiger charge is -2.17. The van der Waals surface area contributed by atoms with Crippen LogP contribution in [0.15, 0.2) is 21.5 Å². The van der Waals surface area contributed by atoms with Gasteiger partial charge in [0.05, 0.1) is 0 Å². The first-order valence-corrected chi connectivity index (χ1v) is 5.45. The van der Waals surface area contributed by atoms with Crippen LogP contribution >= 0.6 is 23.2 Å². The molecular formula is C10H8Cl2N2O4. The number of halogens is 2. The number of rotatable bonds is 2. The Morgan fingerprint density at radius 1 is 0.833 bits per heavy atom. The second-order valence-corrected chi connectivity index (χ2v) is 4.15. The zero-order valence-corrected chi connectivity index (χ0v) is 10.9. The monoisotopic (exact) mass is 290 g/mol. The van der Waals surface area contributed by atoms with E-state index in [4.69, 9.17) is 23.2 Å². The maximum absolute atomic E-state index is 11.8. The van der Waals surface area contributed by atoms with E-state index in [1.807, 2.05) is 0 Å². The first-order chi connectivity index (χ1) is 8.25. The number of carbonyl (C=O) groups is 4. The molecule has 1 rings (SSSR count). The normalized spacial score (nSPS) is 16.0. The molecule has 0 saturated carbocycles. The molecule has 0 saturated heterocycles. The molecule has 0 aromatic carbocycles. The minimum Gasteiger partial charge on any atom is -0.322 e. The Morgan fingerprint density at radius 2 is 1.11 bits per heavy atom. The molecule has 0 spiro atoms. The van der Waals surface area contributed by atoms with E-state index in [0.717, 1.165) is 13.8 Å². The van der Waals surface area contributed by atoms with Crippen LogP contribution in [0.1, 0.15) is 13.8 Å². The summed E-state index contributed by atoms with van der Waals surface area (Å²) in [5.41, 5.74) is -0.790. The van der Waals surface area contributed by atoms with E-state index >= 15 is 0 Å². The first-order valence-electron chi connectivity index (χ1n) is 4.69. The predicted molar refractivity (Wildman–Crippen MR) is 63.4 cm³/mol. The zero-order chi connectivity index (χ0) is 14.0. The van der Waals surface area contributed by atoms with Gasteiger partial charge in [-0.15, -0.1) is 0 Å². The molecule has 0 atom stereocenters. The molecule has 2 amide bonds. The van der Waals surface area contributed by atoms with Gasteiger partial charge in [-0.05, 0) is 0 Å². The molecule has 1 aliphatic carbocycles. The lowest BCUT2D eigenvalue weighted by Crippen LogP contribution is -2.36. The smallest absolute Gasteiger partial charge is 0.224 e. The second-order valence-electron chi connectivity index (χ2n) is 3.40. The average Bonchev–Trinajstić information content (AvgIpc) is 2.27. The minimum absolute atomic E-state index is 0.395. The number of allylic oxidation sites excluding steroid dienone is 2. The van der Waals surface area contributed by atoms with Crippen LogP contribution < -0.4 is 10.6 Å². The summed E-state index contributed by atoms with van der Waals surface area (Å²) in [6.45, 7) is 2.30. The Balaban J connectivity index is 3.22. The average molecular weight is 291 g/mol. The highest BCUT2D eigenvalue weighted by Crippen LogP contribution is 2.26. The molecule has 0 radical (unpaired) electrons. The fourth-order valence-electron chi connectivity index (χ4n) is 1.22. The topological polar surface area (TPSA) is 92.3 Å². The van der Waals surface area contributed by atoms with Gasteiger partial charge in [0.2, 0.25) is 23.4 Å². The molecule has 18 heavy (non-hydrogen) atoms. The largest absolute Gasteiger partial charge is 0.322 e. The number of hydrogen-bond acceptors (Lipinski definition) is 4. The van der Waals surface area contributed by atoms with E-state index < -0.39 is 44.8 Å². The van der Waals surface area contributed by atoms with Gasteiger partial charge < -0.3 is 10.6 Å². The Hall–Kier alpha value is -1.66. The fourth-order valence-corrected chi connectivity index (χ4v) is 1.68. The van der Waals surface area contributed by atoms with Crippen molar-refractivity contribution >= 4 is 46.6 Å². The van der Waals surface area contributed by atoms with Gasteiger partial charge in [0, 0.05) is 13.8 Å². The van der Waals surface area contributed by atoms with Crippen LogP contribution in [-0.4, -0.2) is 23.4 Å². The van der Waals surface area contributed by atoms with Crippen molar-refractivity contribution in [2.24, 2.45) is 0 Å². The summed E-state index contributed by atoms with van der Waals surface area (Å²) in [4.78, 5) is 45.3. The van der Waals surface area contributed by atoms with Crippen molar-refractivity contribution in [3.8, 4) is 0 Å². The highest BCUT2D eigenvalue weighted by molar-refractivity contribution is 6.56. The van der Waals surface area contributed by atoms with Gasteiger partial charge in [-0.2, -0.15) is 0 Å². The predicted octanol–water partition coefficient (Wildman–Crippen LogP) is 0.311. The summed E-state index contributed by atoms with van der Waals surface area (Å²) in [5, 5.41) is 3.25. The van der Waals surface area contributed by atoms with Crippen LogP contribution in [-0.2, 0) is 19.2 Å². The van der Waals surface area contributed by atoms with E-state index in [1.54, 1.807) is 0 Å². The van der Waals surface area contributed by atoms with Crippen LogP contribution in [0.2, 0.25) is 0 Å². The molecule has 0 fully saturated rings. The highest BCUT2D eigenvalue weighted by atomic mass is 35.5. The molecule has 0 bridgehead atoms. The molecular weight excluding hydrogens is 283 g/mol. The molecule has 8 heteroatoms. The van der Waals surface area contributed by atoms with Gasteiger partial charge in [0.25, 0.3) is 0 Å². The molecule has 2 N–H and O–H groups in total. The lowest BCUT2D eigenvalue weighted by atomic mass is 10.1.